The van der Waals surface area contributed by atoms with E-state index in [1.807, 2.05) is 11.8 Å². The van der Waals surface area contributed by atoms with E-state index >= 15 is 0 Å². The number of fused-ring (bicyclic) bond motifs is 2. The molecule has 2 atom stereocenters. The van der Waals surface area contributed by atoms with Gasteiger partial charge in [0, 0.05) is 23.6 Å². The van der Waals surface area contributed by atoms with Crippen molar-refractivity contribution in [2.24, 2.45) is 0 Å². The lowest BCUT2D eigenvalue weighted by atomic mass is 10.3. The molecule has 0 amide bonds. The Morgan fingerprint density at radius 2 is 2.30 bits per heavy atom. The van der Waals surface area contributed by atoms with Gasteiger partial charge in [-0.1, -0.05) is 0 Å². The van der Waals surface area contributed by atoms with Gasteiger partial charge in [-0.2, -0.15) is 16.1 Å². The first kappa shape index (κ1) is 14.2. The number of halogens is 1. The van der Waals surface area contributed by atoms with Crippen LogP contribution in [0.15, 0.2) is 23.1 Å². The molecule has 1 aromatic carbocycles. The zero-order valence-electron chi connectivity index (χ0n) is 11.1. The molecule has 0 saturated carbocycles. The Bertz CT molecular complexity index is 620. The standard InChI is InChI=1S/C13H16FNO3S2/c1-2-18-13-4-3-11(6-12(13)14)20(16,17)15-7-10-5-9(15)8-19-10/h3-4,6,9-10H,2,5,7-8H2,1H3/t9-,10+/m0/s1. The van der Waals surface area contributed by atoms with Gasteiger partial charge in [0.15, 0.2) is 11.6 Å². The van der Waals surface area contributed by atoms with Crippen LogP contribution in [0.2, 0.25) is 0 Å². The second-order valence-corrected chi connectivity index (χ2v) is 8.17. The van der Waals surface area contributed by atoms with Crippen molar-refractivity contribution in [2.75, 3.05) is 18.9 Å². The number of nitrogens with zero attached hydrogens (tertiary/aromatic N) is 1. The predicted molar refractivity (Wildman–Crippen MR) is 76.1 cm³/mol. The van der Waals surface area contributed by atoms with Crippen molar-refractivity contribution < 1.29 is 17.5 Å². The summed E-state index contributed by atoms with van der Waals surface area (Å²) in [7, 11) is -3.60. The van der Waals surface area contributed by atoms with Crippen molar-refractivity contribution in [3.8, 4) is 5.75 Å². The Hall–Kier alpha value is -0.790. The fourth-order valence-electron chi connectivity index (χ4n) is 2.71. The molecule has 2 saturated heterocycles. The minimum atomic E-state index is -3.60. The highest BCUT2D eigenvalue weighted by Crippen LogP contribution is 2.40. The molecular weight excluding hydrogens is 301 g/mol. The summed E-state index contributed by atoms with van der Waals surface area (Å²) in [6.07, 6.45) is 0.906. The molecule has 0 aromatic heterocycles. The lowest BCUT2D eigenvalue weighted by Gasteiger charge is -2.25. The van der Waals surface area contributed by atoms with Gasteiger partial charge in [-0.25, -0.2) is 12.8 Å². The fraction of sp³-hybridized carbons (Fsp3) is 0.538. The van der Waals surface area contributed by atoms with Crippen LogP contribution in [0, 0.1) is 5.82 Å². The Morgan fingerprint density at radius 3 is 2.85 bits per heavy atom. The van der Waals surface area contributed by atoms with Crippen LogP contribution >= 0.6 is 11.8 Å². The Labute approximate surface area is 122 Å². The first-order valence-electron chi connectivity index (χ1n) is 6.58. The quantitative estimate of drug-likeness (QED) is 0.853. The highest BCUT2D eigenvalue weighted by molar-refractivity contribution is 8.00. The third-order valence-corrected chi connectivity index (χ3v) is 6.96. The third kappa shape index (κ3) is 2.31. The van der Waals surface area contributed by atoms with E-state index in [9.17, 15) is 12.8 Å². The van der Waals surface area contributed by atoms with E-state index in [1.54, 1.807) is 6.92 Å². The minimum Gasteiger partial charge on any atom is -0.491 e. The SMILES string of the molecule is CCOc1ccc(S(=O)(=O)N2C[C@H]3C[C@H]2CS3)cc1F. The monoisotopic (exact) mass is 317 g/mol. The maximum absolute atomic E-state index is 13.8. The largest absolute Gasteiger partial charge is 0.491 e. The van der Waals surface area contributed by atoms with Crippen LogP contribution in [0.5, 0.6) is 5.75 Å². The predicted octanol–water partition coefficient (Wildman–Crippen LogP) is 2.10. The second kappa shape index (κ2) is 5.20. The molecule has 3 rings (SSSR count). The van der Waals surface area contributed by atoms with Gasteiger partial charge in [0.05, 0.1) is 11.5 Å². The Kier molecular flexibility index (Phi) is 3.68. The molecule has 110 valence electrons. The summed E-state index contributed by atoms with van der Waals surface area (Å²) in [4.78, 5) is 0.0102. The van der Waals surface area contributed by atoms with Crippen LogP contribution in [-0.2, 0) is 10.0 Å². The van der Waals surface area contributed by atoms with Crippen molar-refractivity contribution in [3.05, 3.63) is 24.0 Å². The number of thioether (sulfide) groups is 1. The van der Waals surface area contributed by atoms with Crippen molar-refractivity contribution >= 4 is 21.8 Å². The second-order valence-electron chi connectivity index (χ2n) is 4.94. The topological polar surface area (TPSA) is 46.6 Å². The normalized spacial score (nSPS) is 26.1. The summed E-state index contributed by atoms with van der Waals surface area (Å²) in [5, 5.41) is 0.391. The molecule has 7 heteroatoms. The summed E-state index contributed by atoms with van der Waals surface area (Å²) >= 11 is 1.82. The Morgan fingerprint density at radius 1 is 1.50 bits per heavy atom. The lowest BCUT2D eigenvalue weighted by Crippen LogP contribution is -2.39. The Balaban J connectivity index is 1.90. The van der Waals surface area contributed by atoms with Gasteiger partial charge < -0.3 is 4.74 Å². The van der Waals surface area contributed by atoms with Crippen LogP contribution < -0.4 is 4.74 Å². The van der Waals surface area contributed by atoms with Crippen molar-refractivity contribution in [2.45, 2.75) is 29.5 Å². The molecule has 2 bridgehead atoms. The zero-order valence-corrected chi connectivity index (χ0v) is 12.7. The molecule has 2 aliphatic heterocycles. The van der Waals surface area contributed by atoms with E-state index in [0.29, 0.717) is 18.4 Å². The van der Waals surface area contributed by atoms with Crippen molar-refractivity contribution in [3.63, 3.8) is 0 Å². The summed E-state index contributed by atoms with van der Waals surface area (Å²) in [5.74, 6) is 0.292. The molecule has 0 aliphatic carbocycles. The average molecular weight is 317 g/mol. The lowest BCUT2D eigenvalue weighted by molar-refractivity contribution is 0.321. The minimum absolute atomic E-state index is 0.0102. The zero-order chi connectivity index (χ0) is 14.3. The van der Waals surface area contributed by atoms with E-state index in [-0.39, 0.29) is 16.7 Å². The third-order valence-electron chi connectivity index (χ3n) is 3.66. The van der Waals surface area contributed by atoms with Gasteiger partial charge in [-0.05, 0) is 31.5 Å². The van der Waals surface area contributed by atoms with Gasteiger partial charge in [0.25, 0.3) is 0 Å². The molecule has 1 aromatic rings. The van der Waals surface area contributed by atoms with Gasteiger partial charge in [0.1, 0.15) is 0 Å². The van der Waals surface area contributed by atoms with E-state index in [1.165, 1.54) is 16.4 Å². The molecule has 2 aliphatic rings. The van der Waals surface area contributed by atoms with Crippen LogP contribution in [0.1, 0.15) is 13.3 Å². The maximum Gasteiger partial charge on any atom is 0.243 e. The highest BCUT2D eigenvalue weighted by atomic mass is 32.2. The number of rotatable bonds is 4. The number of benzene rings is 1. The summed E-state index contributed by atoms with van der Waals surface area (Å²) in [5.41, 5.74) is 0. The first-order chi connectivity index (χ1) is 9.52. The highest BCUT2D eigenvalue weighted by Gasteiger charge is 2.44. The van der Waals surface area contributed by atoms with Crippen LogP contribution in [-0.4, -0.2) is 42.9 Å². The van der Waals surface area contributed by atoms with Gasteiger partial charge >= 0.3 is 0 Å². The molecule has 4 nitrogen and oxygen atoms in total. The van der Waals surface area contributed by atoms with Crippen LogP contribution in [0.25, 0.3) is 0 Å². The van der Waals surface area contributed by atoms with Gasteiger partial charge in [-0.3, -0.25) is 0 Å². The van der Waals surface area contributed by atoms with Crippen molar-refractivity contribution in [1.29, 1.82) is 0 Å². The van der Waals surface area contributed by atoms with E-state index in [2.05, 4.69) is 0 Å². The molecule has 2 fully saturated rings. The van der Waals surface area contributed by atoms with E-state index < -0.39 is 15.8 Å². The molecule has 2 heterocycles. The van der Waals surface area contributed by atoms with Crippen molar-refractivity contribution in [1.82, 2.24) is 4.31 Å². The molecule has 0 spiro atoms. The summed E-state index contributed by atoms with van der Waals surface area (Å²) in [6.45, 7) is 2.63. The molecule has 0 N–H and O–H groups in total. The van der Waals surface area contributed by atoms with Crippen LogP contribution in [0.3, 0.4) is 0 Å². The van der Waals surface area contributed by atoms with Crippen LogP contribution in [0.4, 0.5) is 4.39 Å². The first-order valence-corrected chi connectivity index (χ1v) is 9.07. The van der Waals surface area contributed by atoms with Gasteiger partial charge in [0.2, 0.25) is 10.0 Å². The molecule has 0 unspecified atom stereocenters. The fourth-order valence-corrected chi connectivity index (χ4v) is 6.02. The summed E-state index contributed by atoms with van der Waals surface area (Å²) < 4.78 is 45.5. The number of sulfonamides is 1. The smallest absolute Gasteiger partial charge is 0.243 e. The summed E-state index contributed by atoms with van der Waals surface area (Å²) in [6, 6.07) is 3.92. The number of ether oxygens (including phenoxy) is 1. The maximum atomic E-state index is 13.8. The van der Waals surface area contributed by atoms with Gasteiger partial charge in [-0.15, -0.1) is 0 Å². The molecular formula is C13H16FNO3S2. The van der Waals surface area contributed by atoms with E-state index in [0.717, 1.165) is 18.2 Å². The number of hydrogen-bond acceptors (Lipinski definition) is 4. The number of hydrogen-bond donors (Lipinski definition) is 0. The molecule has 20 heavy (non-hydrogen) atoms. The molecule has 0 radical (unpaired) electrons. The average Bonchev–Trinajstić information content (AvgIpc) is 3.04. The van der Waals surface area contributed by atoms with E-state index in [4.69, 9.17) is 4.74 Å².